The van der Waals surface area contributed by atoms with Gasteiger partial charge in [-0.2, -0.15) is 0 Å². The van der Waals surface area contributed by atoms with Gasteiger partial charge >= 0.3 is 6.09 Å². The van der Waals surface area contributed by atoms with Crippen LogP contribution in [0.5, 0.6) is 0 Å². The first-order valence-electron chi connectivity index (χ1n) is 11.4. The Morgan fingerprint density at radius 2 is 2.19 bits per heavy atom. The summed E-state index contributed by atoms with van der Waals surface area (Å²) < 4.78 is 24.0. The van der Waals surface area contributed by atoms with E-state index in [1.54, 1.807) is 7.11 Å². The summed E-state index contributed by atoms with van der Waals surface area (Å²) in [4.78, 5) is 15.7. The number of amides is 1. The quantitative estimate of drug-likeness (QED) is 0.464. The number of aromatic nitrogens is 3. The lowest BCUT2D eigenvalue weighted by Gasteiger charge is -2.42. The van der Waals surface area contributed by atoms with E-state index in [1.165, 1.54) is 11.9 Å². The fourth-order valence-electron chi connectivity index (χ4n) is 5.16. The molecule has 2 N–H and O–H groups in total. The summed E-state index contributed by atoms with van der Waals surface area (Å²) in [5, 5.41) is 10.8. The highest BCUT2D eigenvalue weighted by molar-refractivity contribution is 5.67. The van der Waals surface area contributed by atoms with Crippen LogP contribution in [-0.4, -0.2) is 71.1 Å². The van der Waals surface area contributed by atoms with Crippen LogP contribution >= 0.6 is 0 Å². The summed E-state index contributed by atoms with van der Waals surface area (Å²) >= 11 is 0. The van der Waals surface area contributed by atoms with Crippen LogP contribution in [0.3, 0.4) is 0 Å². The molecule has 1 aromatic rings. The molecule has 4 rings (SSSR count). The van der Waals surface area contributed by atoms with E-state index in [0.717, 1.165) is 12.8 Å². The third-order valence-electron chi connectivity index (χ3n) is 7.23. The van der Waals surface area contributed by atoms with Crippen molar-refractivity contribution in [3.63, 3.8) is 0 Å². The van der Waals surface area contributed by atoms with E-state index in [-0.39, 0.29) is 35.4 Å². The van der Waals surface area contributed by atoms with Crippen molar-refractivity contribution in [2.75, 3.05) is 20.3 Å². The molecule has 0 unspecified atom stereocenters. The Bertz CT molecular complexity index is 847. The first-order chi connectivity index (χ1) is 15.1. The minimum atomic E-state index is -0.459. The van der Waals surface area contributed by atoms with Gasteiger partial charge in [0.2, 0.25) is 0 Å². The number of carbonyl (C=O) groups excluding carboxylic acids is 1. The van der Waals surface area contributed by atoms with Crippen molar-refractivity contribution in [1.82, 2.24) is 20.5 Å². The largest absolute Gasteiger partial charge is 0.443 e. The fourth-order valence-corrected chi connectivity index (χ4v) is 5.16. The Morgan fingerprint density at radius 1 is 1.44 bits per heavy atom. The van der Waals surface area contributed by atoms with E-state index in [9.17, 15) is 4.79 Å². The summed E-state index contributed by atoms with van der Waals surface area (Å²) in [6.07, 6.45) is 5.14. The number of methoxy groups -OCH3 is 1. The van der Waals surface area contributed by atoms with Crippen LogP contribution < -0.4 is 5.32 Å². The molecule has 3 aliphatic rings. The van der Waals surface area contributed by atoms with Crippen molar-refractivity contribution in [2.24, 2.45) is 5.92 Å². The summed E-state index contributed by atoms with van der Waals surface area (Å²) in [5.74, 6) is 0.715. The van der Waals surface area contributed by atoms with Crippen molar-refractivity contribution in [2.45, 2.75) is 88.8 Å². The van der Waals surface area contributed by atoms with Crippen molar-refractivity contribution in [1.29, 1.82) is 0 Å². The summed E-state index contributed by atoms with van der Waals surface area (Å²) in [6.45, 7) is 11.4. The number of alkyl carbamates (subject to hydrolysis) is 1. The normalized spacial score (nSPS) is 35.9. The second kappa shape index (κ2) is 8.43. The average molecular weight is 449 g/mol. The molecule has 1 aliphatic carbocycles. The first kappa shape index (κ1) is 23.2. The maximum absolute atomic E-state index is 12.7. The zero-order chi connectivity index (χ0) is 23.1. The SMILES string of the molecule is CO[C@@H]1[C@H](OC(=O)NCC(C)(C)c2nnc[nH]2)CC[C@]2(CO2)[C@H]1[C@@]1(C)O[C@@H]1CC=C(C)C. The van der Waals surface area contributed by atoms with Crippen LogP contribution in [0.1, 0.15) is 59.7 Å². The zero-order valence-corrected chi connectivity index (χ0v) is 19.9. The van der Waals surface area contributed by atoms with Gasteiger partial charge < -0.3 is 29.2 Å². The molecule has 2 saturated heterocycles. The number of hydrogen-bond acceptors (Lipinski definition) is 7. The second-order valence-electron chi connectivity index (χ2n) is 10.4. The molecule has 32 heavy (non-hydrogen) atoms. The zero-order valence-electron chi connectivity index (χ0n) is 19.9. The molecule has 0 bridgehead atoms. The fraction of sp³-hybridized carbons (Fsp3) is 0.783. The lowest BCUT2D eigenvalue weighted by molar-refractivity contribution is -0.118. The van der Waals surface area contributed by atoms with Crippen molar-refractivity contribution in [3.8, 4) is 0 Å². The maximum Gasteiger partial charge on any atom is 0.407 e. The highest BCUT2D eigenvalue weighted by Gasteiger charge is 2.72. The number of rotatable bonds is 8. The molecule has 1 spiro atoms. The molecule has 1 aromatic heterocycles. The van der Waals surface area contributed by atoms with Gasteiger partial charge in [0.05, 0.1) is 18.6 Å². The molecule has 9 heteroatoms. The third kappa shape index (κ3) is 4.43. The van der Waals surface area contributed by atoms with Crippen LogP contribution in [0.2, 0.25) is 0 Å². The molecule has 1 saturated carbocycles. The van der Waals surface area contributed by atoms with Crippen LogP contribution in [0.25, 0.3) is 0 Å². The van der Waals surface area contributed by atoms with Gasteiger partial charge in [-0.15, -0.1) is 10.2 Å². The molecule has 0 aromatic carbocycles. The van der Waals surface area contributed by atoms with Gasteiger partial charge in [0.1, 0.15) is 35.6 Å². The summed E-state index contributed by atoms with van der Waals surface area (Å²) in [7, 11) is 1.68. The standard InChI is InChI=1S/C23H36N4O5/c1-14(2)7-8-16-22(5,32-16)18-17(29-6)15(9-10-23(18)12-30-23)31-20(28)24-11-21(3,4)19-25-13-26-27-19/h7,13,15-18H,8-12H2,1-6H3,(H,24,28)(H,25,26,27)/t15-,16-,17-,18-,22+,23+/m1/s1. The van der Waals surface area contributed by atoms with Crippen LogP contribution in [0.4, 0.5) is 4.79 Å². The van der Waals surface area contributed by atoms with E-state index < -0.39 is 11.5 Å². The Labute approximate surface area is 189 Å². The van der Waals surface area contributed by atoms with Gasteiger partial charge in [0, 0.05) is 19.1 Å². The van der Waals surface area contributed by atoms with Gasteiger partial charge in [0.15, 0.2) is 0 Å². The van der Waals surface area contributed by atoms with Crippen LogP contribution in [0.15, 0.2) is 18.0 Å². The molecule has 6 atom stereocenters. The highest BCUT2D eigenvalue weighted by atomic mass is 16.6. The smallest absolute Gasteiger partial charge is 0.407 e. The van der Waals surface area contributed by atoms with Gasteiger partial charge in [-0.1, -0.05) is 25.5 Å². The number of nitrogens with zero attached hydrogens (tertiary/aromatic N) is 2. The monoisotopic (exact) mass is 448 g/mol. The molecule has 3 heterocycles. The lowest BCUT2D eigenvalue weighted by atomic mass is 9.68. The van der Waals surface area contributed by atoms with Gasteiger partial charge in [-0.25, -0.2) is 4.79 Å². The van der Waals surface area contributed by atoms with Gasteiger partial charge in [0.25, 0.3) is 0 Å². The van der Waals surface area contributed by atoms with Gasteiger partial charge in [-0.05, 0) is 40.0 Å². The number of carbonyl (C=O) groups is 1. The van der Waals surface area contributed by atoms with Gasteiger partial charge in [-0.3, -0.25) is 0 Å². The molecular weight excluding hydrogens is 412 g/mol. The number of H-pyrrole nitrogens is 1. The van der Waals surface area contributed by atoms with Crippen LogP contribution in [-0.2, 0) is 24.4 Å². The van der Waals surface area contributed by atoms with E-state index in [2.05, 4.69) is 47.3 Å². The van der Waals surface area contributed by atoms with E-state index in [1.807, 2.05) is 13.8 Å². The molecule has 1 amide bonds. The maximum atomic E-state index is 12.7. The molecular formula is C23H36N4O5. The summed E-state index contributed by atoms with van der Waals surface area (Å²) in [6, 6.07) is 0. The molecule has 178 valence electrons. The van der Waals surface area contributed by atoms with E-state index in [4.69, 9.17) is 18.9 Å². The van der Waals surface area contributed by atoms with E-state index in [0.29, 0.717) is 25.4 Å². The average Bonchev–Trinajstić information content (AvgIpc) is 3.56. The minimum Gasteiger partial charge on any atom is -0.443 e. The molecule has 9 nitrogen and oxygen atoms in total. The number of nitrogens with one attached hydrogen (secondary N) is 2. The number of aromatic amines is 1. The molecule has 2 aliphatic heterocycles. The first-order valence-corrected chi connectivity index (χ1v) is 11.4. The molecule has 0 radical (unpaired) electrons. The second-order valence-corrected chi connectivity index (χ2v) is 10.4. The Balaban J connectivity index is 1.40. The highest BCUT2D eigenvalue weighted by Crippen LogP contribution is 2.59. The number of epoxide rings is 2. The number of hydrogen-bond donors (Lipinski definition) is 2. The van der Waals surface area contributed by atoms with Crippen molar-refractivity contribution >= 4 is 6.09 Å². The van der Waals surface area contributed by atoms with Crippen molar-refractivity contribution < 1.29 is 23.7 Å². The van der Waals surface area contributed by atoms with Crippen LogP contribution in [0, 0.1) is 5.92 Å². The Kier molecular flexibility index (Phi) is 6.11. The van der Waals surface area contributed by atoms with Crippen molar-refractivity contribution in [3.05, 3.63) is 23.8 Å². The molecule has 3 fully saturated rings. The third-order valence-corrected chi connectivity index (χ3v) is 7.23. The minimum absolute atomic E-state index is 0.00717. The predicted molar refractivity (Wildman–Crippen MR) is 117 cm³/mol. The summed E-state index contributed by atoms with van der Waals surface area (Å²) in [5.41, 5.74) is 0.290. The predicted octanol–water partition coefficient (Wildman–Crippen LogP) is 2.88. The Morgan fingerprint density at radius 3 is 2.78 bits per heavy atom. The topological polar surface area (TPSA) is 114 Å². The number of ether oxygens (including phenoxy) is 4. The lowest BCUT2D eigenvalue weighted by Crippen LogP contribution is -2.56. The van der Waals surface area contributed by atoms with E-state index >= 15 is 0 Å². The Hall–Kier alpha value is -1.97. The number of allylic oxidation sites excluding steroid dienone is 1.